The van der Waals surface area contributed by atoms with E-state index < -0.39 is 0 Å². The molecule has 0 aliphatic heterocycles. The average Bonchev–Trinajstić information content (AvgIpc) is 3.29. The van der Waals surface area contributed by atoms with Crippen LogP contribution in [0.3, 0.4) is 0 Å². The Morgan fingerprint density at radius 2 is 1.50 bits per heavy atom. The first-order chi connectivity index (χ1) is 12.8. The molecule has 0 N–H and O–H groups in total. The van der Waals surface area contributed by atoms with Crippen molar-refractivity contribution in [3.63, 3.8) is 0 Å². The van der Waals surface area contributed by atoms with E-state index in [2.05, 4.69) is 43.3 Å². The molecule has 0 unspecified atom stereocenters. The fourth-order valence-corrected chi connectivity index (χ4v) is 3.93. The highest BCUT2D eigenvalue weighted by atomic mass is 32.1. The zero-order valence-electron chi connectivity index (χ0n) is 13.4. The van der Waals surface area contributed by atoms with Crippen molar-refractivity contribution in [1.82, 2.24) is 29.9 Å². The lowest BCUT2D eigenvalue weighted by atomic mass is 10.1. The van der Waals surface area contributed by atoms with Gasteiger partial charge in [-0.1, -0.05) is 53.8 Å². The number of para-hydroxylation sites is 2. The van der Waals surface area contributed by atoms with Crippen LogP contribution < -0.4 is 0 Å². The summed E-state index contributed by atoms with van der Waals surface area (Å²) in [5, 5.41) is 12.2. The van der Waals surface area contributed by atoms with E-state index in [9.17, 15) is 0 Å². The van der Waals surface area contributed by atoms with Crippen LogP contribution in [0.2, 0.25) is 0 Å². The van der Waals surface area contributed by atoms with E-state index in [4.69, 9.17) is 0 Å². The van der Waals surface area contributed by atoms with Gasteiger partial charge in [0.05, 0.1) is 11.0 Å². The molecule has 0 spiro atoms. The third-order valence-corrected chi connectivity index (χ3v) is 5.26. The maximum Gasteiger partial charge on any atom is 0.234 e. The van der Waals surface area contributed by atoms with E-state index in [0.717, 1.165) is 37.7 Å². The van der Waals surface area contributed by atoms with Crippen molar-refractivity contribution in [3.05, 3.63) is 60.7 Å². The molecule has 0 saturated carbocycles. The molecule has 122 valence electrons. The minimum absolute atomic E-state index is 0.620. The topological polar surface area (TPSA) is 69.4 Å². The summed E-state index contributed by atoms with van der Waals surface area (Å²) in [6, 6.07) is 20.0. The minimum Gasteiger partial charge on any atom is -0.232 e. The van der Waals surface area contributed by atoms with Crippen LogP contribution in [0.15, 0.2) is 60.7 Å². The molecule has 3 aromatic heterocycles. The number of thiazole rings is 1. The molecule has 3 aromatic carbocycles. The van der Waals surface area contributed by atoms with Crippen LogP contribution in [0.4, 0.5) is 0 Å². The normalized spacial score (nSPS) is 11.8. The molecular formula is C19H10N6S. The number of benzene rings is 3. The standard InChI is InChI=1S/C19H10N6S/c1-2-6-12-11(5-1)9-10-15-16(12)24-25(23-15)19-22-17-18(26-19)21-14-8-4-3-7-13(14)20-17/h1-10H. The van der Waals surface area contributed by atoms with Crippen LogP contribution >= 0.6 is 11.3 Å². The largest absolute Gasteiger partial charge is 0.234 e. The van der Waals surface area contributed by atoms with Crippen molar-refractivity contribution in [3.8, 4) is 5.13 Å². The van der Waals surface area contributed by atoms with E-state index in [1.165, 1.54) is 11.3 Å². The van der Waals surface area contributed by atoms with Gasteiger partial charge < -0.3 is 0 Å². The molecule has 0 amide bonds. The maximum atomic E-state index is 4.67. The molecule has 3 heterocycles. The second-order valence-electron chi connectivity index (χ2n) is 5.98. The van der Waals surface area contributed by atoms with Gasteiger partial charge in [0, 0.05) is 5.39 Å². The SMILES string of the molecule is c1ccc2c(c1)ccc1nn(-c3nc4nc5ccccc5nc4s3)nc12. The number of aromatic nitrogens is 6. The minimum atomic E-state index is 0.620. The van der Waals surface area contributed by atoms with Gasteiger partial charge in [-0.05, 0) is 23.6 Å². The predicted octanol–water partition coefficient (Wildman–Crippen LogP) is 4.13. The van der Waals surface area contributed by atoms with Gasteiger partial charge >= 0.3 is 0 Å². The molecular weight excluding hydrogens is 344 g/mol. The molecule has 0 aliphatic carbocycles. The first kappa shape index (κ1) is 13.8. The summed E-state index contributed by atoms with van der Waals surface area (Å²) in [5.74, 6) is 0. The zero-order valence-corrected chi connectivity index (χ0v) is 14.2. The number of rotatable bonds is 1. The van der Waals surface area contributed by atoms with Crippen LogP contribution in [0, 0.1) is 0 Å². The van der Waals surface area contributed by atoms with Crippen molar-refractivity contribution in [2.75, 3.05) is 0 Å². The lowest BCUT2D eigenvalue weighted by Gasteiger charge is -1.95. The third kappa shape index (κ3) is 1.94. The van der Waals surface area contributed by atoms with E-state index in [-0.39, 0.29) is 0 Å². The van der Waals surface area contributed by atoms with Crippen LogP contribution in [0.5, 0.6) is 0 Å². The lowest BCUT2D eigenvalue weighted by Crippen LogP contribution is -1.97. The van der Waals surface area contributed by atoms with Crippen LogP contribution in [-0.2, 0) is 0 Å². The summed E-state index contributed by atoms with van der Waals surface area (Å²) in [5.41, 5.74) is 4.03. The van der Waals surface area contributed by atoms with Crippen molar-refractivity contribution < 1.29 is 0 Å². The van der Waals surface area contributed by atoms with Gasteiger partial charge in [0.2, 0.25) is 5.13 Å². The van der Waals surface area contributed by atoms with E-state index in [0.29, 0.717) is 10.8 Å². The summed E-state index contributed by atoms with van der Waals surface area (Å²) in [7, 11) is 0. The Labute approximate surface area is 150 Å². The van der Waals surface area contributed by atoms with Crippen molar-refractivity contribution in [2.24, 2.45) is 0 Å². The first-order valence-electron chi connectivity index (χ1n) is 8.14. The fraction of sp³-hybridized carbons (Fsp3) is 0. The summed E-state index contributed by atoms with van der Waals surface area (Å²) in [6.07, 6.45) is 0. The number of nitrogens with zero attached hydrogens (tertiary/aromatic N) is 6. The van der Waals surface area contributed by atoms with E-state index >= 15 is 0 Å². The number of hydrogen-bond acceptors (Lipinski definition) is 6. The van der Waals surface area contributed by atoms with Gasteiger partial charge in [0.1, 0.15) is 11.0 Å². The first-order valence-corrected chi connectivity index (χ1v) is 8.95. The number of hydrogen-bond donors (Lipinski definition) is 0. The molecule has 7 heteroatoms. The Hall–Kier alpha value is -3.45. The maximum absolute atomic E-state index is 4.67. The Kier molecular flexibility index (Phi) is 2.67. The summed E-state index contributed by atoms with van der Waals surface area (Å²) in [4.78, 5) is 16.2. The predicted molar refractivity (Wildman–Crippen MR) is 103 cm³/mol. The Morgan fingerprint density at radius 1 is 0.692 bits per heavy atom. The molecule has 0 aliphatic rings. The van der Waals surface area contributed by atoms with Crippen LogP contribution in [-0.4, -0.2) is 29.9 Å². The Bertz CT molecular complexity index is 1400. The molecule has 0 fully saturated rings. The monoisotopic (exact) mass is 354 g/mol. The van der Waals surface area contributed by atoms with Crippen molar-refractivity contribution in [1.29, 1.82) is 0 Å². The van der Waals surface area contributed by atoms with Gasteiger partial charge in [-0.25, -0.2) is 9.97 Å². The molecule has 26 heavy (non-hydrogen) atoms. The highest BCUT2D eigenvalue weighted by molar-refractivity contribution is 7.20. The van der Waals surface area contributed by atoms with E-state index in [1.54, 1.807) is 4.80 Å². The second kappa shape index (κ2) is 5.03. The fourth-order valence-electron chi connectivity index (χ4n) is 3.14. The van der Waals surface area contributed by atoms with Gasteiger partial charge in [0.15, 0.2) is 10.5 Å². The van der Waals surface area contributed by atoms with Gasteiger partial charge in [-0.3, -0.25) is 0 Å². The second-order valence-corrected chi connectivity index (χ2v) is 6.94. The summed E-state index contributed by atoms with van der Waals surface area (Å²) >= 11 is 1.44. The molecule has 6 aromatic rings. The zero-order chi connectivity index (χ0) is 17.1. The van der Waals surface area contributed by atoms with Crippen molar-refractivity contribution in [2.45, 2.75) is 0 Å². The summed E-state index contributed by atoms with van der Waals surface area (Å²) < 4.78 is 0. The van der Waals surface area contributed by atoms with Gasteiger partial charge in [0.25, 0.3) is 0 Å². The molecule has 6 rings (SSSR count). The Morgan fingerprint density at radius 3 is 2.42 bits per heavy atom. The van der Waals surface area contributed by atoms with Crippen LogP contribution in [0.25, 0.3) is 48.4 Å². The quantitative estimate of drug-likeness (QED) is 0.444. The van der Waals surface area contributed by atoms with Crippen molar-refractivity contribution >= 4 is 54.7 Å². The molecule has 0 atom stereocenters. The molecule has 6 nitrogen and oxygen atoms in total. The summed E-state index contributed by atoms with van der Waals surface area (Å²) in [6.45, 7) is 0. The Balaban J connectivity index is 1.59. The highest BCUT2D eigenvalue weighted by Gasteiger charge is 2.14. The lowest BCUT2D eigenvalue weighted by molar-refractivity contribution is 0.761. The van der Waals surface area contributed by atoms with Gasteiger partial charge in [-0.15, -0.1) is 15.0 Å². The number of fused-ring (bicyclic) bond motifs is 5. The molecule has 0 bridgehead atoms. The highest BCUT2D eigenvalue weighted by Crippen LogP contribution is 2.26. The smallest absolute Gasteiger partial charge is 0.232 e. The average molecular weight is 354 g/mol. The molecule has 0 saturated heterocycles. The third-order valence-electron chi connectivity index (χ3n) is 4.36. The van der Waals surface area contributed by atoms with E-state index in [1.807, 2.05) is 42.5 Å². The van der Waals surface area contributed by atoms with Crippen LogP contribution in [0.1, 0.15) is 0 Å². The molecule has 0 radical (unpaired) electrons. The van der Waals surface area contributed by atoms with Gasteiger partial charge in [-0.2, -0.15) is 4.98 Å².